The Kier molecular flexibility index (Phi) is 5.35. The molecule has 18 heavy (non-hydrogen) atoms. The molecule has 0 radical (unpaired) electrons. The van der Waals surface area contributed by atoms with Gasteiger partial charge in [-0.05, 0) is 32.8 Å². The molecule has 0 aliphatic heterocycles. The third kappa shape index (κ3) is 4.88. The lowest BCUT2D eigenvalue weighted by Gasteiger charge is -2.24. The molecule has 3 heteroatoms. The van der Waals surface area contributed by atoms with Gasteiger partial charge in [0.1, 0.15) is 5.60 Å². The molecule has 0 heterocycles. The van der Waals surface area contributed by atoms with E-state index < -0.39 is 11.7 Å². The van der Waals surface area contributed by atoms with Crippen LogP contribution in [0.15, 0.2) is 30.3 Å². The third-order valence-electron chi connectivity index (χ3n) is 2.21. The molecule has 0 saturated carbocycles. The van der Waals surface area contributed by atoms with Crippen LogP contribution >= 0.6 is 0 Å². The van der Waals surface area contributed by atoms with Crippen molar-refractivity contribution >= 4 is 5.97 Å². The van der Waals surface area contributed by atoms with Crippen LogP contribution in [0.4, 0.5) is 0 Å². The molecule has 0 saturated heterocycles. The molecule has 1 rings (SSSR count). The summed E-state index contributed by atoms with van der Waals surface area (Å²) in [4.78, 5) is 12.1. The standard InChI is InChI=1S/C15H22O3/c1-5-11-17-13(12-9-7-6-8-10-12)14(16)18-15(2,3)4/h6-10,13H,5,11H2,1-4H3. The van der Waals surface area contributed by atoms with E-state index in [0.29, 0.717) is 6.61 Å². The van der Waals surface area contributed by atoms with Crippen LogP contribution < -0.4 is 0 Å². The lowest BCUT2D eigenvalue weighted by atomic mass is 10.1. The van der Waals surface area contributed by atoms with Gasteiger partial charge in [0, 0.05) is 6.61 Å². The van der Waals surface area contributed by atoms with E-state index in [0.717, 1.165) is 12.0 Å². The van der Waals surface area contributed by atoms with Crippen molar-refractivity contribution in [3.05, 3.63) is 35.9 Å². The van der Waals surface area contributed by atoms with Crippen LogP contribution in [0.1, 0.15) is 45.8 Å². The Bertz CT molecular complexity index is 365. The molecule has 1 unspecified atom stereocenters. The van der Waals surface area contributed by atoms with Crippen molar-refractivity contribution < 1.29 is 14.3 Å². The van der Waals surface area contributed by atoms with Crippen molar-refractivity contribution in [3.63, 3.8) is 0 Å². The van der Waals surface area contributed by atoms with Gasteiger partial charge in [0.25, 0.3) is 0 Å². The van der Waals surface area contributed by atoms with Crippen LogP contribution in [0.3, 0.4) is 0 Å². The summed E-state index contributed by atoms with van der Waals surface area (Å²) in [5.41, 5.74) is 0.333. The highest BCUT2D eigenvalue weighted by Gasteiger charge is 2.26. The van der Waals surface area contributed by atoms with E-state index in [9.17, 15) is 4.79 Å². The molecular weight excluding hydrogens is 228 g/mol. The molecule has 1 aromatic rings. The lowest BCUT2D eigenvalue weighted by molar-refractivity contribution is -0.169. The number of benzene rings is 1. The normalized spacial score (nSPS) is 13.1. The average molecular weight is 250 g/mol. The SMILES string of the molecule is CCCOC(C(=O)OC(C)(C)C)c1ccccc1. The van der Waals surface area contributed by atoms with Crippen molar-refractivity contribution in [2.45, 2.75) is 45.8 Å². The van der Waals surface area contributed by atoms with Gasteiger partial charge in [-0.15, -0.1) is 0 Å². The summed E-state index contributed by atoms with van der Waals surface area (Å²) in [5, 5.41) is 0. The van der Waals surface area contributed by atoms with Crippen LogP contribution in [-0.4, -0.2) is 18.2 Å². The predicted octanol–water partition coefficient (Wildman–Crippen LogP) is 3.50. The number of esters is 1. The Hall–Kier alpha value is -1.35. The summed E-state index contributed by atoms with van der Waals surface area (Å²) < 4.78 is 11.0. The highest BCUT2D eigenvalue weighted by Crippen LogP contribution is 2.22. The second kappa shape index (κ2) is 6.55. The van der Waals surface area contributed by atoms with Crippen molar-refractivity contribution in [1.29, 1.82) is 0 Å². The van der Waals surface area contributed by atoms with Gasteiger partial charge in [-0.1, -0.05) is 37.3 Å². The first kappa shape index (κ1) is 14.7. The minimum Gasteiger partial charge on any atom is -0.458 e. The zero-order chi connectivity index (χ0) is 13.6. The minimum atomic E-state index is -0.634. The summed E-state index contributed by atoms with van der Waals surface area (Å²) >= 11 is 0. The fraction of sp³-hybridized carbons (Fsp3) is 0.533. The predicted molar refractivity (Wildman–Crippen MR) is 71.3 cm³/mol. The number of ether oxygens (including phenoxy) is 2. The van der Waals surface area contributed by atoms with Gasteiger partial charge in [0.2, 0.25) is 0 Å². The smallest absolute Gasteiger partial charge is 0.340 e. The van der Waals surface area contributed by atoms with Gasteiger partial charge in [0.05, 0.1) is 0 Å². The summed E-state index contributed by atoms with van der Waals surface area (Å²) in [7, 11) is 0. The van der Waals surface area contributed by atoms with Crippen LogP contribution in [-0.2, 0) is 14.3 Å². The van der Waals surface area contributed by atoms with Crippen LogP contribution in [0, 0.1) is 0 Å². The highest BCUT2D eigenvalue weighted by atomic mass is 16.6. The Labute approximate surface area is 109 Å². The molecule has 0 fully saturated rings. The number of rotatable bonds is 5. The number of carbonyl (C=O) groups is 1. The molecule has 3 nitrogen and oxygen atoms in total. The van der Waals surface area contributed by atoms with Gasteiger partial charge in [0.15, 0.2) is 6.10 Å². The molecule has 0 bridgehead atoms. The van der Waals surface area contributed by atoms with Crippen molar-refractivity contribution in [2.75, 3.05) is 6.61 Å². The van der Waals surface area contributed by atoms with Crippen LogP contribution in [0.2, 0.25) is 0 Å². The molecule has 0 aromatic heterocycles. The molecule has 1 atom stereocenters. The van der Waals surface area contributed by atoms with Crippen molar-refractivity contribution in [3.8, 4) is 0 Å². The summed E-state index contributed by atoms with van der Waals surface area (Å²) in [5.74, 6) is -0.331. The quantitative estimate of drug-likeness (QED) is 0.750. The molecule has 1 aromatic carbocycles. The maximum absolute atomic E-state index is 12.1. The first-order chi connectivity index (χ1) is 8.44. The molecule has 100 valence electrons. The van der Waals surface area contributed by atoms with Crippen molar-refractivity contribution in [2.24, 2.45) is 0 Å². The van der Waals surface area contributed by atoms with E-state index in [-0.39, 0.29) is 5.97 Å². The zero-order valence-electron chi connectivity index (χ0n) is 11.6. The first-order valence-electron chi connectivity index (χ1n) is 6.33. The van der Waals surface area contributed by atoms with Crippen molar-refractivity contribution in [1.82, 2.24) is 0 Å². The van der Waals surface area contributed by atoms with Gasteiger partial charge in [-0.2, -0.15) is 0 Å². The summed E-state index contributed by atoms with van der Waals surface area (Å²) in [6.45, 7) is 8.11. The molecule has 0 aliphatic rings. The minimum absolute atomic E-state index is 0.331. The third-order valence-corrected chi connectivity index (χ3v) is 2.21. The van der Waals surface area contributed by atoms with Crippen LogP contribution in [0.25, 0.3) is 0 Å². The lowest BCUT2D eigenvalue weighted by Crippen LogP contribution is -2.29. The molecule has 0 aliphatic carbocycles. The molecule has 0 amide bonds. The van der Waals surface area contributed by atoms with Gasteiger partial charge in [-0.3, -0.25) is 0 Å². The van der Waals surface area contributed by atoms with E-state index in [2.05, 4.69) is 0 Å². The van der Waals surface area contributed by atoms with E-state index in [4.69, 9.17) is 9.47 Å². The maximum atomic E-state index is 12.1. The fourth-order valence-corrected chi connectivity index (χ4v) is 1.52. The van der Waals surface area contributed by atoms with Gasteiger partial charge < -0.3 is 9.47 Å². The number of hydrogen-bond donors (Lipinski definition) is 0. The van der Waals surface area contributed by atoms with Crippen LogP contribution in [0.5, 0.6) is 0 Å². The molecule has 0 spiro atoms. The van der Waals surface area contributed by atoms with E-state index in [1.165, 1.54) is 0 Å². The topological polar surface area (TPSA) is 35.5 Å². The zero-order valence-corrected chi connectivity index (χ0v) is 11.6. The van der Waals surface area contributed by atoms with Gasteiger partial charge >= 0.3 is 5.97 Å². The Morgan fingerprint density at radius 3 is 2.33 bits per heavy atom. The molecular formula is C15H22O3. The van der Waals surface area contributed by atoms with Gasteiger partial charge in [-0.25, -0.2) is 4.79 Å². The molecule has 0 N–H and O–H groups in total. The van der Waals surface area contributed by atoms with E-state index in [1.807, 2.05) is 58.0 Å². The monoisotopic (exact) mass is 250 g/mol. The largest absolute Gasteiger partial charge is 0.458 e. The van der Waals surface area contributed by atoms with E-state index >= 15 is 0 Å². The van der Waals surface area contributed by atoms with E-state index in [1.54, 1.807) is 0 Å². The maximum Gasteiger partial charge on any atom is 0.340 e. The number of hydrogen-bond acceptors (Lipinski definition) is 3. The fourth-order valence-electron chi connectivity index (χ4n) is 1.52. The second-order valence-electron chi connectivity index (χ2n) is 5.19. The summed E-state index contributed by atoms with van der Waals surface area (Å²) in [6.07, 6.45) is 0.233. The first-order valence-corrected chi connectivity index (χ1v) is 6.33. The Balaban J connectivity index is 2.82. The second-order valence-corrected chi connectivity index (χ2v) is 5.19. The Morgan fingerprint density at radius 2 is 1.83 bits per heavy atom. The highest BCUT2D eigenvalue weighted by molar-refractivity contribution is 5.77. The number of carbonyl (C=O) groups excluding carboxylic acids is 1. The summed E-state index contributed by atoms with van der Waals surface area (Å²) in [6, 6.07) is 9.45. The average Bonchev–Trinajstić information content (AvgIpc) is 2.28. The Morgan fingerprint density at radius 1 is 1.22 bits per heavy atom.